The Morgan fingerprint density at radius 2 is 1.79 bits per heavy atom. The summed E-state index contributed by atoms with van der Waals surface area (Å²) in [7, 11) is 0. The average Bonchev–Trinajstić information content (AvgIpc) is 3.05. The van der Waals surface area contributed by atoms with Crippen molar-refractivity contribution in [1.82, 2.24) is 15.5 Å². The van der Waals surface area contributed by atoms with Crippen LogP contribution >= 0.6 is 12.4 Å². The van der Waals surface area contributed by atoms with Gasteiger partial charge in [-0.25, -0.2) is 0 Å². The summed E-state index contributed by atoms with van der Waals surface area (Å²) in [6, 6.07) is 4.16. The quantitative estimate of drug-likeness (QED) is 0.366. The number of carbonyl (C=O) groups excluding carboxylic acids is 4. The molecule has 4 amide bonds. The topological polar surface area (TPSA) is 117 Å². The molecule has 1 unspecified atom stereocenters. The summed E-state index contributed by atoms with van der Waals surface area (Å²) in [6.45, 7) is 3.49. The maximum Gasteiger partial charge on any atom is 0.264 e. The molecule has 3 N–H and O–H groups in total. The van der Waals surface area contributed by atoms with Gasteiger partial charge < -0.3 is 15.4 Å². The van der Waals surface area contributed by atoms with Crippen LogP contribution in [0.3, 0.4) is 0 Å². The maximum atomic E-state index is 13.1. The second kappa shape index (κ2) is 11.6. The number of halogens is 1. The number of rotatable bonds is 9. The first-order valence-corrected chi connectivity index (χ1v) is 11.5. The van der Waals surface area contributed by atoms with Gasteiger partial charge in [0.05, 0.1) is 17.2 Å². The van der Waals surface area contributed by atoms with Crippen LogP contribution in [-0.4, -0.2) is 66.9 Å². The van der Waals surface area contributed by atoms with Gasteiger partial charge in [-0.1, -0.05) is 6.07 Å². The fourth-order valence-corrected chi connectivity index (χ4v) is 4.50. The number of nitrogens with zero attached hydrogens (tertiary/aromatic N) is 1. The molecule has 180 valence electrons. The number of hydrogen-bond acceptors (Lipinski definition) is 7. The van der Waals surface area contributed by atoms with Gasteiger partial charge in [0.25, 0.3) is 11.8 Å². The summed E-state index contributed by atoms with van der Waals surface area (Å²) in [5, 5.41) is 8.82. The molecular formula is C23H31ClN4O5. The number of hydrogen-bond donors (Lipinski definition) is 3. The van der Waals surface area contributed by atoms with Crippen LogP contribution in [-0.2, 0) is 14.3 Å². The Hall–Kier alpha value is -2.49. The predicted octanol–water partition coefficient (Wildman–Crippen LogP) is 1.86. The van der Waals surface area contributed by atoms with Crippen LogP contribution in [0, 0.1) is 0 Å². The van der Waals surface area contributed by atoms with Gasteiger partial charge >= 0.3 is 0 Å². The Kier molecular flexibility index (Phi) is 8.82. The van der Waals surface area contributed by atoms with Crippen molar-refractivity contribution in [3.8, 4) is 0 Å². The molecule has 3 aliphatic rings. The first kappa shape index (κ1) is 25.1. The number of amides is 4. The van der Waals surface area contributed by atoms with E-state index in [0.29, 0.717) is 29.5 Å². The van der Waals surface area contributed by atoms with Crippen molar-refractivity contribution in [3.63, 3.8) is 0 Å². The fraction of sp³-hybridized carbons (Fsp3) is 0.565. The average molecular weight is 479 g/mol. The predicted molar refractivity (Wildman–Crippen MR) is 125 cm³/mol. The van der Waals surface area contributed by atoms with Crippen molar-refractivity contribution in [2.24, 2.45) is 0 Å². The highest BCUT2D eigenvalue weighted by Gasteiger charge is 2.45. The molecule has 1 atom stereocenters. The van der Waals surface area contributed by atoms with Gasteiger partial charge in [-0.15, -0.1) is 12.4 Å². The van der Waals surface area contributed by atoms with Crippen molar-refractivity contribution >= 4 is 41.7 Å². The van der Waals surface area contributed by atoms with E-state index >= 15 is 0 Å². The molecule has 0 saturated carbocycles. The number of imide groups is 2. The SMILES string of the molecule is Cl.O=C1CCC(N2C(=O)c3cccc(NCCCCCOC4CCNCC4)c3C2=O)C(=O)N1. The first-order valence-electron chi connectivity index (χ1n) is 11.5. The summed E-state index contributed by atoms with van der Waals surface area (Å²) >= 11 is 0. The largest absolute Gasteiger partial charge is 0.384 e. The summed E-state index contributed by atoms with van der Waals surface area (Å²) in [5.41, 5.74) is 1.19. The number of ether oxygens (including phenoxy) is 1. The van der Waals surface area contributed by atoms with E-state index in [1.165, 1.54) is 0 Å². The van der Waals surface area contributed by atoms with Gasteiger partial charge in [-0.3, -0.25) is 29.4 Å². The number of fused-ring (bicyclic) bond motifs is 1. The Morgan fingerprint density at radius 1 is 1.00 bits per heavy atom. The number of piperidine rings is 2. The molecule has 0 aliphatic carbocycles. The molecule has 0 aromatic heterocycles. The van der Waals surface area contributed by atoms with Crippen molar-refractivity contribution in [3.05, 3.63) is 29.3 Å². The molecule has 4 rings (SSSR count). The zero-order chi connectivity index (χ0) is 22.5. The number of carbonyl (C=O) groups is 4. The maximum absolute atomic E-state index is 13.1. The van der Waals surface area contributed by atoms with Crippen LogP contribution in [0.4, 0.5) is 5.69 Å². The zero-order valence-electron chi connectivity index (χ0n) is 18.6. The third-order valence-corrected chi connectivity index (χ3v) is 6.24. The van der Waals surface area contributed by atoms with Gasteiger partial charge in [-0.05, 0) is 63.7 Å². The molecule has 1 aromatic rings. The van der Waals surface area contributed by atoms with Gasteiger partial charge in [0.1, 0.15) is 6.04 Å². The minimum atomic E-state index is -0.951. The third-order valence-electron chi connectivity index (χ3n) is 6.24. The molecule has 3 aliphatic heterocycles. The lowest BCUT2D eigenvalue weighted by Crippen LogP contribution is -2.54. The number of nitrogens with one attached hydrogen (secondary N) is 3. The van der Waals surface area contributed by atoms with Crippen LogP contribution in [0.5, 0.6) is 0 Å². The Bertz CT molecular complexity index is 903. The van der Waals surface area contributed by atoms with Crippen LogP contribution in [0.25, 0.3) is 0 Å². The fourth-order valence-electron chi connectivity index (χ4n) is 4.50. The van der Waals surface area contributed by atoms with E-state index in [9.17, 15) is 19.2 Å². The molecule has 3 heterocycles. The number of anilines is 1. The van der Waals surface area contributed by atoms with Crippen molar-refractivity contribution in [2.45, 2.75) is 57.1 Å². The monoisotopic (exact) mass is 478 g/mol. The summed E-state index contributed by atoms with van der Waals surface area (Å²) in [5.74, 6) is -1.96. The van der Waals surface area contributed by atoms with E-state index in [4.69, 9.17) is 4.74 Å². The molecule has 0 spiro atoms. The zero-order valence-corrected chi connectivity index (χ0v) is 19.4. The van der Waals surface area contributed by atoms with Crippen LogP contribution in [0.1, 0.15) is 65.7 Å². The molecule has 2 saturated heterocycles. The number of benzene rings is 1. The van der Waals surface area contributed by atoms with Crippen molar-refractivity contribution in [1.29, 1.82) is 0 Å². The molecule has 1 aromatic carbocycles. The Labute approximate surface area is 199 Å². The smallest absolute Gasteiger partial charge is 0.264 e. The van der Waals surface area contributed by atoms with E-state index < -0.39 is 23.8 Å². The van der Waals surface area contributed by atoms with Crippen LogP contribution in [0.15, 0.2) is 18.2 Å². The molecule has 0 bridgehead atoms. The van der Waals surface area contributed by atoms with E-state index in [1.54, 1.807) is 18.2 Å². The lowest BCUT2D eigenvalue weighted by Gasteiger charge is -2.27. The lowest BCUT2D eigenvalue weighted by molar-refractivity contribution is -0.136. The molecule has 9 nitrogen and oxygen atoms in total. The standard InChI is InChI=1S/C23H30N4O5.ClH/c28-19-8-7-18(21(29)26-19)27-22(30)16-5-4-6-17(20(16)23(27)31)25-11-2-1-3-14-32-15-9-12-24-13-10-15;/h4-6,15,18,24-25H,1-3,7-14H2,(H,26,28,29);1H. The minimum absolute atomic E-state index is 0. The second-order valence-electron chi connectivity index (χ2n) is 8.48. The Balaban J connectivity index is 0.00000306. The van der Waals surface area contributed by atoms with Crippen molar-refractivity contribution < 1.29 is 23.9 Å². The summed E-state index contributed by atoms with van der Waals surface area (Å²) in [6.07, 6.45) is 5.68. The third kappa shape index (κ3) is 5.72. The molecule has 2 fully saturated rings. The first-order chi connectivity index (χ1) is 15.6. The number of unbranched alkanes of at least 4 members (excludes halogenated alkanes) is 2. The second-order valence-corrected chi connectivity index (χ2v) is 8.48. The van der Waals surface area contributed by atoms with E-state index in [-0.39, 0.29) is 31.2 Å². The van der Waals surface area contributed by atoms with Gasteiger partial charge in [0, 0.05) is 25.3 Å². The highest BCUT2D eigenvalue weighted by molar-refractivity contribution is 6.25. The minimum Gasteiger partial charge on any atom is -0.384 e. The van der Waals surface area contributed by atoms with Crippen molar-refractivity contribution in [2.75, 3.05) is 31.6 Å². The molecular weight excluding hydrogens is 448 g/mol. The van der Waals surface area contributed by atoms with Gasteiger partial charge in [0.2, 0.25) is 11.8 Å². The Morgan fingerprint density at radius 3 is 2.55 bits per heavy atom. The van der Waals surface area contributed by atoms with Gasteiger partial charge in [0.15, 0.2) is 0 Å². The van der Waals surface area contributed by atoms with Crippen LogP contribution in [0.2, 0.25) is 0 Å². The molecule has 10 heteroatoms. The van der Waals surface area contributed by atoms with E-state index in [1.807, 2.05) is 0 Å². The lowest BCUT2D eigenvalue weighted by atomic mass is 10.0. The highest BCUT2D eigenvalue weighted by atomic mass is 35.5. The summed E-state index contributed by atoms with van der Waals surface area (Å²) in [4.78, 5) is 50.5. The normalized spacial score (nSPS) is 21.0. The molecule has 33 heavy (non-hydrogen) atoms. The van der Waals surface area contributed by atoms with Gasteiger partial charge in [-0.2, -0.15) is 0 Å². The van der Waals surface area contributed by atoms with E-state index in [0.717, 1.165) is 56.7 Å². The van der Waals surface area contributed by atoms with E-state index in [2.05, 4.69) is 16.0 Å². The summed E-state index contributed by atoms with van der Waals surface area (Å²) < 4.78 is 5.92. The van der Waals surface area contributed by atoms with Crippen LogP contribution < -0.4 is 16.0 Å². The molecule has 0 radical (unpaired) electrons. The highest BCUT2D eigenvalue weighted by Crippen LogP contribution is 2.32.